The van der Waals surface area contributed by atoms with Gasteiger partial charge in [-0.3, -0.25) is 4.79 Å². The fraction of sp³-hybridized carbons (Fsp3) is 0.423. The molecule has 0 aliphatic carbocycles. The van der Waals surface area contributed by atoms with Crippen LogP contribution in [-0.4, -0.2) is 48.8 Å². The monoisotopic (exact) mass is 420 g/mol. The molecular weight excluding hydrogens is 388 g/mol. The molecule has 0 bridgehead atoms. The molecule has 1 aromatic heterocycles. The number of para-hydroxylation sites is 1. The average Bonchev–Trinajstić information content (AvgIpc) is 3.20. The van der Waals surface area contributed by atoms with Crippen molar-refractivity contribution in [2.24, 2.45) is 0 Å². The number of carbonyl (C=O) groups excluding carboxylic acids is 1. The van der Waals surface area contributed by atoms with Gasteiger partial charge in [0.15, 0.2) is 0 Å². The Morgan fingerprint density at radius 3 is 2.71 bits per heavy atom. The van der Waals surface area contributed by atoms with Crippen molar-refractivity contribution in [3.8, 4) is 0 Å². The summed E-state index contributed by atoms with van der Waals surface area (Å²) in [6.45, 7) is 5.55. The van der Waals surface area contributed by atoms with Crippen LogP contribution < -0.4 is 0 Å². The van der Waals surface area contributed by atoms with Gasteiger partial charge >= 0.3 is 0 Å². The van der Waals surface area contributed by atoms with Gasteiger partial charge in [-0.2, -0.15) is 0 Å². The highest BCUT2D eigenvalue weighted by molar-refractivity contribution is 6.07. The number of rotatable bonds is 8. The maximum atomic E-state index is 13.1. The van der Waals surface area contributed by atoms with Crippen molar-refractivity contribution >= 4 is 16.8 Å². The lowest BCUT2D eigenvalue weighted by Crippen LogP contribution is -2.40. The molecule has 2 heterocycles. The number of carbonyl (C=O) groups is 1. The Hall–Kier alpha value is -2.63. The second-order valence-corrected chi connectivity index (χ2v) is 8.24. The molecule has 0 radical (unpaired) electrons. The number of ether oxygens (including phenoxy) is 2. The molecular formula is C26H32N2O3. The summed E-state index contributed by atoms with van der Waals surface area (Å²) < 4.78 is 13.1. The van der Waals surface area contributed by atoms with E-state index in [1.807, 2.05) is 23.2 Å². The van der Waals surface area contributed by atoms with Crippen LogP contribution in [0.15, 0.2) is 54.7 Å². The van der Waals surface area contributed by atoms with Crippen LogP contribution >= 0.6 is 0 Å². The topological polar surface area (TPSA) is 43.7 Å². The number of benzene rings is 2. The third-order valence-corrected chi connectivity index (χ3v) is 6.21. The number of nitrogens with zero attached hydrogens (tertiary/aromatic N) is 2. The Labute approximate surface area is 184 Å². The van der Waals surface area contributed by atoms with Crippen LogP contribution in [-0.2, 0) is 22.4 Å². The highest BCUT2D eigenvalue weighted by atomic mass is 16.5. The molecule has 0 N–H and O–H groups in total. The third-order valence-electron chi connectivity index (χ3n) is 6.21. The summed E-state index contributed by atoms with van der Waals surface area (Å²) in [5.74, 6) is 0.113. The minimum atomic E-state index is 0.113. The molecule has 1 saturated heterocycles. The van der Waals surface area contributed by atoms with Crippen molar-refractivity contribution in [2.75, 3.05) is 33.4 Å². The minimum Gasteiger partial charge on any atom is -0.378 e. The lowest BCUT2D eigenvalue weighted by atomic mass is 10.0. The molecule has 1 aliphatic rings. The predicted molar refractivity (Wildman–Crippen MR) is 123 cm³/mol. The molecule has 2 aromatic carbocycles. The van der Waals surface area contributed by atoms with E-state index in [1.54, 1.807) is 7.11 Å². The summed E-state index contributed by atoms with van der Waals surface area (Å²) in [6.07, 6.45) is 5.37. The zero-order chi connectivity index (χ0) is 21.6. The lowest BCUT2D eigenvalue weighted by Gasteiger charge is -2.26. The van der Waals surface area contributed by atoms with Crippen LogP contribution in [0.2, 0.25) is 0 Å². The molecule has 1 unspecified atom stereocenters. The van der Waals surface area contributed by atoms with Crippen molar-refractivity contribution in [3.63, 3.8) is 0 Å². The van der Waals surface area contributed by atoms with Gasteiger partial charge in [0.25, 0.3) is 5.91 Å². The Morgan fingerprint density at radius 1 is 1.10 bits per heavy atom. The number of aryl methyl sites for hydroxylation is 2. The van der Waals surface area contributed by atoms with Crippen LogP contribution in [0.25, 0.3) is 10.9 Å². The molecule has 0 spiro atoms. The van der Waals surface area contributed by atoms with Gasteiger partial charge < -0.3 is 18.9 Å². The summed E-state index contributed by atoms with van der Waals surface area (Å²) >= 11 is 0. The molecule has 1 atom stereocenters. The highest BCUT2D eigenvalue weighted by Crippen LogP contribution is 2.24. The molecule has 1 fully saturated rings. The minimum absolute atomic E-state index is 0.113. The van der Waals surface area contributed by atoms with Gasteiger partial charge in [-0.15, -0.1) is 0 Å². The zero-order valence-electron chi connectivity index (χ0n) is 18.5. The molecule has 164 valence electrons. The first kappa shape index (κ1) is 21.6. The fourth-order valence-electron chi connectivity index (χ4n) is 4.29. The number of unbranched alkanes of at least 4 members (excludes halogenated alkanes) is 1. The Kier molecular flexibility index (Phi) is 7.05. The number of methoxy groups -OCH3 is 1. The average molecular weight is 421 g/mol. The Bertz CT molecular complexity index is 1020. The largest absolute Gasteiger partial charge is 0.378 e. The Balaban J connectivity index is 1.41. The van der Waals surface area contributed by atoms with Gasteiger partial charge in [0, 0.05) is 43.8 Å². The van der Waals surface area contributed by atoms with Gasteiger partial charge in [0.05, 0.1) is 24.9 Å². The number of hydrogen-bond acceptors (Lipinski definition) is 3. The van der Waals surface area contributed by atoms with Gasteiger partial charge in [0.2, 0.25) is 0 Å². The number of morpholine rings is 1. The first-order chi connectivity index (χ1) is 15.2. The number of aromatic nitrogens is 1. The molecule has 0 saturated carbocycles. The normalized spacial score (nSPS) is 15.4. The highest BCUT2D eigenvalue weighted by Gasteiger charge is 2.22. The summed E-state index contributed by atoms with van der Waals surface area (Å²) in [4.78, 5) is 15.0. The number of amides is 1. The van der Waals surface area contributed by atoms with E-state index in [0.29, 0.717) is 26.3 Å². The second kappa shape index (κ2) is 10.1. The van der Waals surface area contributed by atoms with E-state index in [1.165, 1.54) is 11.1 Å². The van der Waals surface area contributed by atoms with E-state index in [4.69, 9.17) is 9.47 Å². The molecule has 5 heteroatoms. The smallest absolute Gasteiger partial charge is 0.256 e. The molecule has 1 amide bonds. The van der Waals surface area contributed by atoms with Crippen molar-refractivity contribution in [1.29, 1.82) is 0 Å². The van der Waals surface area contributed by atoms with Crippen LogP contribution in [0.1, 0.15) is 47.4 Å². The molecule has 31 heavy (non-hydrogen) atoms. The zero-order valence-corrected chi connectivity index (χ0v) is 18.5. The maximum Gasteiger partial charge on any atom is 0.256 e. The Morgan fingerprint density at radius 2 is 1.90 bits per heavy atom. The van der Waals surface area contributed by atoms with Crippen molar-refractivity contribution in [2.45, 2.75) is 38.8 Å². The van der Waals surface area contributed by atoms with Gasteiger partial charge in [-0.05, 0) is 43.4 Å². The van der Waals surface area contributed by atoms with E-state index in [0.717, 1.165) is 42.3 Å². The number of fused-ring (bicyclic) bond motifs is 1. The molecule has 4 rings (SSSR count). The lowest BCUT2D eigenvalue weighted by molar-refractivity contribution is 0.0304. The van der Waals surface area contributed by atoms with Crippen LogP contribution in [0.5, 0.6) is 0 Å². The van der Waals surface area contributed by atoms with E-state index in [-0.39, 0.29) is 12.0 Å². The molecule has 3 aromatic rings. The van der Waals surface area contributed by atoms with Gasteiger partial charge in [-0.1, -0.05) is 42.5 Å². The molecule has 5 nitrogen and oxygen atoms in total. The summed E-state index contributed by atoms with van der Waals surface area (Å²) in [6, 6.07) is 16.9. The summed E-state index contributed by atoms with van der Waals surface area (Å²) in [5.41, 5.74) is 4.51. The quantitative estimate of drug-likeness (QED) is 0.490. The SMILES string of the molecule is COC(C)c1cccc(CCCCn2cc(C(=O)N3CCOCC3)c3ccccc32)c1. The predicted octanol–water partition coefficient (Wildman–Crippen LogP) is 4.84. The standard InChI is InChI=1S/C26H32N2O3/c1-20(30-2)22-10-7-9-21(18-22)8-5-6-13-28-19-24(23-11-3-4-12-25(23)28)26(29)27-14-16-31-17-15-27/h3-4,7,9-12,18-20H,5-6,8,13-17H2,1-2H3. The fourth-order valence-corrected chi connectivity index (χ4v) is 4.29. The first-order valence-corrected chi connectivity index (χ1v) is 11.2. The van der Waals surface area contributed by atoms with E-state index < -0.39 is 0 Å². The van der Waals surface area contributed by atoms with Crippen molar-refractivity contribution in [3.05, 3.63) is 71.4 Å². The van der Waals surface area contributed by atoms with E-state index in [9.17, 15) is 4.79 Å². The maximum absolute atomic E-state index is 13.1. The molecule has 1 aliphatic heterocycles. The number of hydrogen-bond donors (Lipinski definition) is 0. The summed E-state index contributed by atoms with van der Waals surface area (Å²) in [5, 5.41) is 1.04. The van der Waals surface area contributed by atoms with Gasteiger partial charge in [0.1, 0.15) is 0 Å². The second-order valence-electron chi connectivity index (χ2n) is 8.24. The third kappa shape index (κ3) is 5.00. The van der Waals surface area contributed by atoms with Crippen molar-refractivity contribution in [1.82, 2.24) is 9.47 Å². The van der Waals surface area contributed by atoms with E-state index >= 15 is 0 Å². The van der Waals surface area contributed by atoms with Gasteiger partial charge in [-0.25, -0.2) is 0 Å². The van der Waals surface area contributed by atoms with E-state index in [2.05, 4.69) is 47.9 Å². The van der Waals surface area contributed by atoms with Crippen LogP contribution in [0, 0.1) is 0 Å². The summed E-state index contributed by atoms with van der Waals surface area (Å²) in [7, 11) is 1.75. The van der Waals surface area contributed by atoms with Crippen LogP contribution in [0.3, 0.4) is 0 Å². The van der Waals surface area contributed by atoms with Crippen LogP contribution in [0.4, 0.5) is 0 Å². The van der Waals surface area contributed by atoms with Crippen molar-refractivity contribution < 1.29 is 14.3 Å². The first-order valence-electron chi connectivity index (χ1n) is 11.2.